The molecule has 4 nitrogen and oxygen atoms in total. The van der Waals surface area contributed by atoms with E-state index in [-0.39, 0.29) is 17.7 Å². The normalized spacial score (nSPS) is 33.9. The van der Waals surface area contributed by atoms with Crippen molar-refractivity contribution in [1.82, 2.24) is 10.6 Å². The van der Waals surface area contributed by atoms with Crippen LogP contribution in [0.3, 0.4) is 0 Å². The molecule has 3 rings (SSSR count). The summed E-state index contributed by atoms with van der Waals surface area (Å²) >= 11 is 1.97. The minimum Gasteiger partial charge on any atom is -0.374 e. The van der Waals surface area contributed by atoms with Gasteiger partial charge >= 0.3 is 6.03 Å². The summed E-state index contributed by atoms with van der Waals surface area (Å²) in [4.78, 5) is 12.1. The predicted molar refractivity (Wildman–Crippen MR) is 86.8 cm³/mol. The van der Waals surface area contributed by atoms with E-state index in [0.29, 0.717) is 5.41 Å². The van der Waals surface area contributed by atoms with Gasteiger partial charge in [0.05, 0.1) is 5.60 Å². The van der Waals surface area contributed by atoms with Gasteiger partial charge in [-0.1, -0.05) is 13.3 Å². The molecule has 3 fully saturated rings. The maximum absolute atomic E-state index is 12.1. The first kappa shape index (κ1) is 15.5. The van der Waals surface area contributed by atoms with Crippen molar-refractivity contribution in [2.45, 2.75) is 63.5 Å². The summed E-state index contributed by atoms with van der Waals surface area (Å²) < 4.78 is 6.00. The zero-order valence-electron chi connectivity index (χ0n) is 13.1. The van der Waals surface area contributed by atoms with Crippen molar-refractivity contribution in [3.05, 3.63) is 0 Å². The molecule has 0 radical (unpaired) electrons. The van der Waals surface area contributed by atoms with E-state index >= 15 is 0 Å². The van der Waals surface area contributed by atoms with E-state index in [0.717, 1.165) is 38.2 Å². The quantitative estimate of drug-likeness (QED) is 0.820. The zero-order valence-corrected chi connectivity index (χ0v) is 13.9. The van der Waals surface area contributed by atoms with E-state index in [1.807, 2.05) is 11.8 Å². The monoisotopic (exact) mass is 312 g/mol. The van der Waals surface area contributed by atoms with E-state index < -0.39 is 0 Å². The lowest BCUT2D eigenvalue weighted by molar-refractivity contribution is -0.0684. The average molecular weight is 312 g/mol. The lowest BCUT2D eigenvalue weighted by atomic mass is 9.90. The Morgan fingerprint density at radius 3 is 2.90 bits per heavy atom. The van der Waals surface area contributed by atoms with Crippen molar-refractivity contribution in [2.75, 3.05) is 24.7 Å². The van der Waals surface area contributed by atoms with Crippen molar-refractivity contribution in [1.29, 1.82) is 0 Å². The van der Waals surface area contributed by atoms with Crippen molar-refractivity contribution < 1.29 is 9.53 Å². The summed E-state index contributed by atoms with van der Waals surface area (Å²) in [6.07, 6.45) is 8.07. The van der Waals surface area contributed by atoms with E-state index in [2.05, 4.69) is 17.6 Å². The van der Waals surface area contributed by atoms with Crippen molar-refractivity contribution in [3.63, 3.8) is 0 Å². The highest BCUT2D eigenvalue weighted by molar-refractivity contribution is 7.99. The second kappa shape index (κ2) is 6.37. The second-order valence-corrected chi connectivity index (χ2v) is 8.21. The maximum atomic E-state index is 12.1. The number of rotatable bonds is 5. The molecule has 2 saturated heterocycles. The summed E-state index contributed by atoms with van der Waals surface area (Å²) in [5, 5.41) is 6.27. The number of hydrogen-bond acceptors (Lipinski definition) is 3. The van der Waals surface area contributed by atoms with Crippen LogP contribution in [0.1, 0.15) is 51.9 Å². The van der Waals surface area contributed by atoms with Gasteiger partial charge in [0.25, 0.3) is 0 Å². The molecule has 120 valence electrons. The Morgan fingerprint density at radius 2 is 2.24 bits per heavy atom. The molecule has 0 aromatic heterocycles. The fourth-order valence-corrected chi connectivity index (χ4v) is 5.12. The number of urea groups is 1. The van der Waals surface area contributed by atoms with Crippen LogP contribution in [0.25, 0.3) is 0 Å². The predicted octanol–water partition coefficient (Wildman–Crippen LogP) is 2.92. The van der Waals surface area contributed by atoms with E-state index in [4.69, 9.17) is 4.74 Å². The van der Waals surface area contributed by atoms with E-state index in [1.165, 1.54) is 31.4 Å². The van der Waals surface area contributed by atoms with Gasteiger partial charge in [-0.2, -0.15) is 11.8 Å². The molecule has 2 atom stereocenters. The third-order valence-electron chi connectivity index (χ3n) is 5.26. The first-order chi connectivity index (χ1) is 10.2. The van der Waals surface area contributed by atoms with Gasteiger partial charge in [0.2, 0.25) is 0 Å². The van der Waals surface area contributed by atoms with Crippen LogP contribution in [0, 0.1) is 5.41 Å². The van der Waals surface area contributed by atoms with Crippen molar-refractivity contribution >= 4 is 17.8 Å². The molecular weight excluding hydrogens is 284 g/mol. The molecule has 0 bridgehead atoms. The molecule has 21 heavy (non-hydrogen) atoms. The minimum absolute atomic E-state index is 0.0186. The molecule has 2 amide bonds. The maximum Gasteiger partial charge on any atom is 0.315 e. The topological polar surface area (TPSA) is 50.4 Å². The number of nitrogens with one attached hydrogen (secondary N) is 2. The molecule has 0 aromatic carbocycles. The summed E-state index contributed by atoms with van der Waals surface area (Å²) in [7, 11) is 0. The molecule has 0 aromatic rings. The van der Waals surface area contributed by atoms with Crippen LogP contribution in [0.5, 0.6) is 0 Å². The third-order valence-corrected chi connectivity index (χ3v) is 6.48. The van der Waals surface area contributed by atoms with Gasteiger partial charge < -0.3 is 15.4 Å². The molecule has 2 aliphatic heterocycles. The van der Waals surface area contributed by atoms with Gasteiger partial charge in [-0.25, -0.2) is 4.79 Å². The molecule has 1 aliphatic carbocycles. The number of thioether (sulfide) groups is 1. The van der Waals surface area contributed by atoms with Gasteiger partial charge in [0.15, 0.2) is 0 Å². The molecular formula is C16H28N2O2S. The van der Waals surface area contributed by atoms with Crippen molar-refractivity contribution in [2.24, 2.45) is 5.41 Å². The molecule has 1 saturated carbocycles. The number of carbonyl (C=O) groups excluding carboxylic acids is 1. The Bertz CT molecular complexity index is 378. The molecule has 0 unspecified atom stereocenters. The fraction of sp³-hybridized carbons (Fsp3) is 0.938. The van der Waals surface area contributed by atoms with Gasteiger partial charge in [0, 0.05) is 24.9 Å². The minimum atomic E-state index is 0.0186. The van der Waals surface area contributed by atoms with Gasteiger partial charge in [-0.3, -0.25) is 0 Å². The zero-order chi connectivity index (χ0) is 14.8. The number of amides is 2. The first-order valence-electron chi connectivity index (χ1n) is 8.41. The largest absolute Gasteiger partial charge is 0.374 e. The van der Waals surface area contributed by atoms with Crippen LogP contribution in [0.4, 0.5) is 4.79 Å². The Hall–Kier alpha value is -0.420. The standard InChI is InChI=1S/C16H28N2O2S/c1-2-4-15(5-6-15)11-17-14(19)18-13-3-8-20-16(10-13)7-9-21-12-16/h13H,2-12H2,1H3,(H2,17,18,19)/t13-,16-/m1/s1. The van der Waals surface area contributed by atoms with Crippen LogP contribution in [0.2, 0.25) is 0 Å². The lowest BCUT2D eigenvalue weighted by Gasteiger charge is -2.38. The first-order valence-corrected chi connectivity index (χ1v) is 9.57. The van der Waals surface area contributed by atoms with Gasteiger partial charge in [-0.05, 0) is 49.7 Å². The Kier molecular flexibility index (Phi) is 4.69. The van der Waals surface area contributed by atoms with Crippen LogP contribution in [-0.2, 0) is 4.74 Å². The van der Waals surface area contributed by atoms with Crippen molar-refractivity contribution in [3.8, 4) is 0 Å². The molecule has 5 heteroatoms. The Labute approximate surface area is 132 Å². The molecule has 2 heterocycles. The molecule has 2 N–H and O–H groups in total. The van der Waals surface area contributed by atoms with Crippen LogP contribution in [0.15, 0.2) is 0 Å². The average Bonchev–Trinajstić information content (AvgIpc) is 3.10. The smallest absolute Gasteiger partial charge is 0.315 e. The molecule has 3 aliphatic rings. The lowest BCUT2D eigenvalue weighted by Crippen LogP contribution is -2.51. The Balaban J connectivity index is 1.42. The third kappa shape index (κ3) is 3.86. The van der Waals surface area contributed by atoms with Crippen LogP contribution < -0.4 is 10.6 Å². The summed E-state index contributed by atoms with van der Waals surface area (Å²) in [5.41, 5.74) is 0.464. The van der Waals surface area contributed by atoms with E-state index in [9.17, 15) is 4.79 Å². The van der Waals surface area contributed by atoms with Crippen LogP contribution in [-0.4, -0.2) is 42.3 Å². The Morgan fingerprint density at radius 1 is 1.38 bits per heavy atom. The number of ether oxygens (including phenoxy) is 1. The second-order valence-electron chi connectivity index (χ2n) is 7.10. The van der Waals surface area contributed by atoms with Gasteiger partial charge in [0.1, 0.15) is 0 Å². The SMILES string of the molecule is CCCC1(CNC(=O)N[C@@H]2CCO[C@]3(CCSC3)C2)CC1. The van der Waals surface area contributed by atoms with Crippen LogP contribution >= 0.6 is 11.8 Å². The summed E-state index contributed by atoms with van der Waals surface area (Å²) in [5.74, 6) is 2.28. The number of hydrogen-bond donors (Lipinski definition) is 2. The van der Waals surface area contributed by atoms with Gasteiger partial charge in [-0.15, -0.1) is 0 Å². The number of carbonyl (C=O) groups is 1. The highest BCUT2D eigenvalue weighted by atomic mass is 32.2. The fourth-order valence-electron chi connectivity index (χ4n) is 3.74. The van der Waals surface area contributed by atoms with E-state index in [1.54, 1.807) is 0 Å². The highest BCUT2D eigenvalue weighted by Gasteiger charge is 2.42. The highest BCUT2D eigenvalue weighted by Crippen LogP contribution is 2.48. The summed E-state index contributed by atoms with van der Waals surface area (Å²) in [6, 6.07) is 0.295. The molecule has 1 spiro atoms. The summed E-state index contributed by atoms with van der Waals surface area (Å²) in [6.45, 7) is 3.85.